The van der Waals surface area contributed by atoms with Crippen molar-refractivity contribution >= 4 is 0 Å². The molecule has 0 aromatic heterocycles. The zero-order valence-corrected chi connectivity index (χ0v) is 10.6. The molecule has 0 heterocycles. The van der Waals surface area contributed by atoms with Gasteiger partial charge in [-0.15, -0.1) is 0 Å². The quantitative estimate of drug-likeness (QED) is 0.855. The van der Waals surface area contributed by atoms with Crippen LogP contribution in [0.4, 0.5) is 0 Å². The number of rotatable bonds is 4. The summed E-state index contributed by atoms with van der Waals surface area (Å²) in [6, 6.07) is 10.1. The summed E-state index contributed by atoms with van der Waals surface area (Å²) >= 11 is 0. The van der Waals surface area contributed by atoms with E-state index in [1.807, 2.05) is 0 Å². The second-order valence-electron chi connectivity index (χ2n) is 5.64. The molecular weight excluding hydrogens is 208 g/mol. The van der Waals surface area contributed by atoms with E-state index in [1.54, 1.807) is 0 Å². The Morgan fingerprint density at radius 3 is 2.29 bits per heavy atom. The van der Waals surface area contributed by atoms with Crippen LogP contribution >= 0.6 is 0 Å². The molecule has 17 heavy (non-hydrogen) atoms. The van der Waals surface area contributed by atoms with Gasteiger partial charge in [-0.3, -0.25) is 4.90 Å². The normalized spacial score (nSPS) is 21.8. The largest absolute Gasteiger partial charge is 0.329 e. The highest BCUT2D eigenvalue weighted by atomic mass is 15.2. The number of benzene rings is 1. The van der Waals surface area contributed by atoms with Gasteiger partial charge in [0.25, 0.3) is 0 Å². The van der Waals surface area contributed by atoms with E-state index in [9.17, 15) is 0 Å². The van der Waals surface area contributed by atoms with E-state index >= 15 is 0 Å². The lowest BCUT2D eigenvalue weighted by atomic mass is 10.1. The minimum absolute atomic E-state index is 0.606. The maximum atomic E-state index is 5.95. The predicted molar refractivity (Wildman–Crippen MR) is 71.0 cm³/mol. The third-order valence-corrected chi connectivity index (χ3v) is 4.54. The Labute approximate surface area is 104 Å². The first-order chi connectivity index (χ1) is 8.29. The van der Waals surface area contributed by atoms with Crippen molar-refractivity contribution < 1.29 is 0 Å². The minimum atomic E-state index is 0.606. The van der Waals surface area contributed by atoms with Crippen molar-refractivity contribution in [3.8, 4) is 0 Å². The molecule has 3 rings (SSSR count). The molecule has 0 aliphatic heterocycles. The highest BCUT2D eigenvalue weighted by Gasteiger charge is 2.36. The lowest BCUT2D eigenvalue weighted by Gasteiger charge is -2.32. The summed E-state index contributed by atoms with van der Waals surface area (Å²) < 4.78 is 0. The first-order valence-corrected chi connectivity index (χ1v) is 6.78. The molecule has 1 saturated carbocycles. The van der Waals surface area contributed by atoms with Gasteiger partial charge in [-0.2, -0.15) is 0 Å². The molecule has 92 valence electrons. The van der Waals surface area contributed by atoms with Crippen LogP contribution in [0.1, 0.15) is 24.0 Å². The molecule has 2 nitrogen and oxygen atoms in total. The van der Waals surface area contributed by atoms with Gasteiger partial charge < -0.3 is 5.73 Å². The van der Waals surface area contributed by atoms with Crippen LogP contribution in [0.25, 0.3) is 0 Å². The first-order valence-electron chi connectivity index (χ1n) is 6.78. The molecule has 1 aromatic rings. The van der Waals surface area contributed by atoms with Gasteiger partial charge in [-0.05, 0) is 49.8 Å². The Bertz CT molecular complexity index is 373. The summed E-state index contributed by atoms with van der Waals surface area (Å²) in [5.41, 5.74) is 9.02. The molecule has 1 fully saturated rings. The second-order valence-corrected chi connectivity index (χ2v) is 5.64. The Balaban J connectivity index is 1.71. The number of nitrogens with two attached hydrogens (primary N) is 1. The molecule has 2 N–H and O–H groups in total. The van der Waals surface area contributed by atoms with Gasteiger partial charge >= 0.3 is 0 Å². The predicted octanol–water partition coefficient (Wildman–Crippen LogP) is 1.82. The van der Waals surface area contributed by atoms with Gasteiger partial charge in [0.1, 0.15) is 0 Å². The summed E-state index contributed by atoms with van der Waals surface area (Å²) in [5, 5.41) is 0. The minimum Gasteiger partial charge on any atom is -0.329 e. The summed E-state index contributed by atoms with van der Waals surface area (Å²) in [4.78, 5) is 2.55. The number of hydrogen-bond acceptors (Lipinski definition) is 2. The molecule has 1 atom stereocenters. The molecule has 0 bridgehead atoms. The van der Waals surface area contributed by atoms with Crippen molar-refractivity contribution in [1.82, 2.24) is 4.90 Å². The van der Waals surface area contributed by atoms with Crippen LogP contribution in [-0.2, 0) is 12.8 Å². The van der Waals surface area contributed by atoms with Crippen LogP contribution in [0.2, 0.25) is 0 Å². The third-order valence-electron chi connectivity index (χ3n) is 4.54. The fraction of sp³-hybridized carbons (Fsp3) is 0.600. The van der Waals surface area contributed by atoms with Crippen molar-refractivity contribution in [2.75, 3.05) is 13.6 Å². The topological polar surface area (TPSA) is 29.3 Å². The van der Waals surface area contributed by atoms with Crippen LogP contribution in [0.5, 0.6) is 0 Å². The van der Waals surface area contributed by atoms with E-state index in [0.717, 1.165) is 12.5 Å². The second kappa shape index (κ2) is 4.43. The SMILES string of the molecule is CN(C1Cc2ccccc2C1)C(CN)C1CC1. The lowest BCUT2D eigenvalue weighted by Crippen LogP contribution is -2.46. The van der Waals surface area contributed by atoms with Crippen LogP contribution in [0.3, 0.4) is 0 Å². The summed E-state index contributed by atoms with van der Waals surface area (Å²) in [7, 11) is 2.27. The Morgan fingerprint density at radius 2 is 1.82 bits per heavy atom. The number of hydrogen-bond donors (Lipinski definition) is 1. The molecule has 0 amide bonds. The monoisotopic (exact) mass is 230 g/mol. The van der Waals surface area contributed by atoms with Gasteiger partial charge in [-0.25, -0.2) is 0 Å². The molecular formula is C15H22N2. The number of nitrogens with zero attached hydrogens (tertiary/aromatic N) is 1. The van der Waals surface area contributed by atoms with Gasteiger partial charge in [0.05, 0.1) is 0 Å². The summed E-state index contributed by atoms with van der Waals surface area (Å²) in [6.45, 7) is 0.814. The molecule has 1 aromatic carbocycles. The van der Waals surface area contributed by atoms with Crippen LogP contribution in [-0.4, -0.2) is 30.6 Å². The number of fused-ring (bicyclic) bond motifs is 1. The first kappa shape index (κ1) is 11.2. The average Bonchev–Trinajstić information content (AvgIpc) is 3.08. The van der Waals surface area contributed by atoms with Crippen molar-refractivity contribution in [1.29, 1.82) is 0 Å². The highest BCUT2D eigenvalue weighted by molar-refractivity contribution is 5.33. The van der Waals surface area contributed by atoms with E-state index in [4.69, 9.17) is 5.73 Å². The molecule has 1 unspecified atom stereocenters. The van der Waals surface area contributed by atoms with E-state index in [1.165, 1.54) is 36.8 Å². The van der Waals surface area contributed by atoms with Gasteiger partial charge in [0.2, 0.25) is 0 Å². The molecule has 0 saturated heterocycles. The third kappa shape index (κ3) is 2.12. The lowest BCUT2D eigenvalue weighted by molar-refractivity contribution is 0.163. The van der Waals surface area contributed by atoms with Crippen molar-refractivity contribution in [2.45, 2.75) is 37.8 Å². The van der Waals surface area contributed by atoms with E-state index in [-0.39, 0.29) is 0 Å². The fourth-order valence-electron chi connectivity index (χ4n) is 3.27. The van der Waals surface area contributed by atoms with E-state index < -0.39 is 0 Å². The molecule has 2 aliphatic rings. The Morgan fingerprint density at radius 1 is 1.24 bits per heavy atom. The summed E-state index contributed by atoms with van der Waals surface area (Å²) in [6.07, 6.45) is 5.17. The van der Waals surface area contributed by atoms with E-state index in [0.29, 0.717) is 12.1 Å². The molecule has 0 spiro atoms. The number of likely N-dealkylation sites (N-methyl/N-ethyl adjacent to an activating group) is 1. The molecule has 2 heteroatoms. The van der Waals surface area contributed by atoms with Crippen LogP contribution in [0.15, 0.2) is 24.3 Å². The maximum absolute atomic E-state index is 5.95. The van der Waals surface area contributed by atoms with Crippen molar-refractivity contribution in [3.63, 3.8) is 0 Å². The standard InChI is InChI=1S/C15H22N2/c1-17(15(10-16)11-6-7-11)14-8-12-4-2-3-5-13(12)9-14/h2-5,11,14-15H,6-10,16H2,1H3. The van der Waals surface area contributed by atoms with Crippen LogP contribution < -0.4 is 5.73 Å². The van der Waals surface area contributed by atoms with Crippen LogP contribution in [0, 0.1) is 5.92 Å². The summed E-state index contributed by atoms with van der Waals surface area (Å²) in [5.74, 6) is 0.869. The fourth-order valence-corrected chi connectivity index (χ4v) is 3.27. The van der Waals surface area contributed by atoms with Gasteiger partial charge in [0, 0.05) is 18.6 Å². The molecule has 2 aliphatic carbocycles. The average molecular weight is 230 g/mol. The van der Waals surface area contributed by atoms with Crippen molar-refractivity contribution in [2.24, 2.45) is 11.7 Å². The van der Waals surface area contributed by atoms with E-state index in [2.05, 4.69) is 36.2 Å². The van der Waals surface area contributed by atoms with Gasteiger partial charge in [0.15, 0.2) is 0 Å². The Kier molecular flexibility index (Phi) is 2.93. The zero-order valence-electron chi connectivity index (χ0n) is 10.6. The zero-order chi connectivity index (χ0) is 11.8. The molecule has 0 radical (unpaired) electrons. The van der Waals surface area contributed by atoms with Crippen molar-refractivity contribution in [3.05, 3.63) is 35.4 Å². The highest BCUT2D eigenvalue weighted by Crippen LogP contribution is 2.36. The smallest absolute Gasteiger partial charge is 0.0246 e. The van der Waals surface area contributed by atoms with Gasteiger partial charge in [-0.1, -0.05) is 24.3 Å². The maximum Gasteiger partial charge on any atom is 0.0246 e. The Hall–Kier alpha value is -0.860.